The summed E-state index contributed by atoms with van der Waals surface area (Å²) in [6.45, 7) is 61.2. The van der Waals surface area contributed by atoms with Gasteiger partial charge in [-0.3, -0.25) is 9.36 Å². The first-order chi connectivity index (χ1) is 56.5. The largest absolute Gasteiger partial charge is 0.252 e. The minimum atomic E-state index is 0.788. The molecule has 0 radical (unpaired) electrons. The van der Waals surface area contributed by atoms with Crippen LogP contribution in [-0.2, 0) is 77.8 Å². The third-order valence-electron chi connectivity index (χ3n) is 22.2. The zero-order valence-electron chi connectivity index (χ0n) is 82.2. The second-order valence-corrected chi connectivity index (χ2v) is 40.3. The van der Waals surface area contributed by atoms with Gasteiger partial charge in [0.1, 0.15) is 0 Å². The number of nitrogens with zero attached hydrogens (tertiary/aromatic N) is 18. The summed E-state index contributed by atoms with van der Waals surface area (Å²) in [5.41, 5.74) is 7.58. The predicted molar refractivity (Wildman–Crippen MR) is 505 cm³/mol. The van der Waals surface area contributed by atoms with Crippen LogP contribution in [0.1, 0.15) is 457 Å². The van der Waals surface area contributed by atoms with Crippen LogP contribution < -0.4 is 0 Å². The second kappa shape index (κ2) is 73.4. The Morgan fingerprint density at radius 1 is 0.186 bits per heavy atom. The Bertz CT molecular complexity index is 2730. The number of unbranched alkanes of at least 4 members (excludes halogenated alkanes) is 16. The molecule has 0 saturated carbocycles. The molecule has 0 unspecified atom stereocenters. The molecule has 0 fully saturated rings. The standard InChI is InChI=1S/4C17H33N3.2C16H31N3/c2*1-15(2)10-6-5-9-13-20-17(14-18-19-20)12-8-7-11-16(3)4;2*1-15(2)10-6-5-7-12-17-14-18-19-20(17)13-9-8-11-16(3)4;2*1-14(2)9-6-5-7-12-19-13-16(17-18-19)11-8-10-15(3)4/h4*14-16H,5-13H2,1-4H3;2*13-15H,5-12H2,1-4H3. The average molecular weight is 1650 g/mol. The van der Waals surface area contributed by atoms with Gasteiger partial charge in [0.15, 0.2) is 0 Å². The van der Waals surface area contributed by atoms with Gasteiger partial charge in [-0.25, -0.2) is 18.7 Å². The molecule has 0 amide bonds. The number of rotatable bonds is 64. The van der Waals surface area contributed by atoms with E-state index >= 15 is 0 Å². The summed E-state index contributed by atoms with van der Waals surface area (Å²) >= 11 is 0. The highest BCUT2D eigenvalue weighted by Gasteiger charge is 2.12. The molecule has 0 saturated heterocycles. The van der Waals surface area contributed by atoms with Gasteiger partial charge in [0, 0.05) is 51.7 Å². The van der Waals surface area contributed by atoms with Gasteiger partial charge in [0.2, 0.25) is 0 Å². The SMILES string of the molecule is CC(C)CCCCCc1cnnn1CCCCC(C)C.CC(C)CCCCCc1cnnn1CCCCC(C)C.CC(C)CCCCCn1cc(CCCC(C)C)nn1.CC(C)CCCCCn1cc(CCCC(C)C)nn1.CC(C)CCCCCn1nncc1CCCCC(C)C.CC(C)CCCCCn1nncc1CCCCC(C)C. The van der Waals surface area contributed by atoms with Gasteiger partial charge in [-0.05, 0) is 187 Å². The van der Waals surface area contributed by atoms with Crippen molar-refractivity contribution in [1.82, 2.24) is 90.0 Å². The van der Waals surface area contributed by atoms with Crippen molar-refractivity contribution in [2.75, 3.05) is 0 Å². The highest BCUT2D eigenvalue weighted by Crippen LogP contribution is 2.20. The van der Waals surface area contributed by atoms with Gasteiger partial charge in [0.25, 0.3) is 0 Å². The average Bonchev–Trinajstić information content (AvgIpc) is 1.77. The molecule has 0 N–H and O–H groups in total. The molecule has 0 aliphatic carbocycles. The van der Waals surface area contributed by atoms with Crippen LogP contribution in [0.4, 0.5) is 0 Å². The summed E-state index contributed by atoms with van der Waals surface area (Å²) in [6.07, 6.45) is 70.8. The van der Waals surface area contributed by atoms with Gasteiger partial charge < -0.3 is 0 Å². The lowest BCUT2D eigenvalue weighted by Gasteiger charge is -2.08. The van der Waals surface area contributed by atoms with E-state index < -0.39 is 0 Å². The molecule has 684 valence electrons. The van der Waals surface area contributed by atoms with Crippen LogP contribution in [0.3, 0.4) is 0 Å². The van der Waals surface area contributed by atoms with Crippen LogP contribution in [0, 0.1) is 71.0 Å². The highest BCUT2D eigenvalue weighted by atomic mass is 15.4. The van der Waals surface area contributed by atoms with E-state index in [1.165, 1.54) is 280 Å². The van der Waals surface area contributed by atoms with E-state index in [2.05, 4.69) is 259 Å². The van der Waals surface area contributed by atoms with Gasteiger partial charge in [-0.15, -0.1) is 30.6 Å². The Kier molecular flexibility index (Phi) is 68.9. The van der Waals surface area contributed by atoms with Gasteiger partial charge in [-0.2, -0.15) is 0 Å². The number of aryl methyl sites for hydroxylation is 12. The van der Waals surface area contributed by atoms with Crippen LogP contribution in [0.5, 0.6) is 0 Å². The summed E-state index contributed by atoms with van der Waals surface area (Å²) < 4.78 is 12.5. The predicted octanol–water partition coefficient (Wildman–Crippen LogP) is 28.4. The maximum Gasteiger partial charge on any atom is 0.0827 e. The van der Waals surface area contributed by atoms with E-state index in [0.29, 0.717) is 0 Å². The van der Waals surface area contributed by atoms with E-state index in [1.807, 2.05) is 34.2 Å². The quantitative estimate of drug-likeness (QED) is 0.0330. The Hall–Kier alpha value is -5.16. The summed E-state index contributed by atoms with van der Waals surface area (Å²) in [7, 11) is 0. The van der Waals surface area contributed by atoms with Gasteiger partial charge >= 0.3 is 0 Å². The number of aromatic nitrogens is 18. The van der Waals surface area contributed by atoms with Crippen LogP contribution in [0.2, 0.25) is 0 Å². The molecule has 6 rings (SSSR count). The number of hydrogen-bond donors (Lipinski definition) is 0. The molecule has 18 heteroatoms. The summed E-state index contributed by atoms with van der Waals surface area (Å²) in [4.78, 5) is 0. The van der Waals surface area contributed by atoms with Crippen molar-refractivity contribution >= 4 is 0 Å². The van der Waals surface area contributed by atoms with E-state index in [4.69, 9.17) is 0 Å². The van der Waals surface area contributed by atoms with E-state index in [0.717, 1.165) is 160 Å². The lowest BCUT2D eigenvalue weighted by molar-refractivity contribution is 0.472. The van der Waals surface area contributed by atoms with Gasteiger partial charge in [-0.1, -0.05) is 377 Å². The fourth-order valence-electron chi connectivity index (χ4n) is 14.6. The normalized spacial score (nSPS) is 11.7. The number of hydrogen-bond acceptors (Lipinski definition) is 12. The molecule has 118 heavy (non-hydrogen) atoms. The third-order valence-corrected chi connectivity index (χ3v) is 22.2. The molecule has 0 bridgehead atoms. The van der Waals surface area contributed by atoms with Crippen molar-refractivity contribution in [3.05, 3.63) is 71.3 Å². The molecule has 0 aliphatic rings. The van der Waals surface area contributed by atoms with Crippen LogP contribution in [0.15, 0.2) is 37.2 Å². The Morgan fingerprint density at radius 3 is 0.593 bits per heavy atom. The van der Waals surface area contributed by atoms with E-state index in [1.54, 1.807) is 0 Å². The second-order valence-electron chi connectivity index (χ2n) is 40.3. The molecular formula is C100H194N18. The van der Waals surface area contributed by atoms with Crippen molar-refractivity contribution in [3.63, 3.8) is 0 Å². The maximum atomic E-state index is 4.25. The fourth-order valence-corrected chi connectivity index (χ4v) is 14.6. The summed E-state index contributed by atoms with van der Waals surface area (Å²) in [6, 6.07) is 0. The lowest BCUT2D eigenvalue weighted by Crippen LogP contribution is -2.06. The fraction of sp³-hybridized carbons (Fsp3) is 0.880. The maximum absolute atomic E-state index is 4.25. The van der Waals surface area contributed by atoms with Crippen LogP contribution >= 0.6 is 0 Å². The molecule has 0 aromatic carbocycles. The summed E-state index contributed by atoms with van der Waals surface area (Å²) in [5, 5.41) is 50.1. The Labute approximate surface area is 729 Å². The monoisotopic (exact) mass is 1650 g/mol. The van der Waals surface area contributed by atoms with E-state index in [-0.39, 0.29) is 0 Å². The first kappa shape index (κ1) is 111. The van der Waals surface area contributed by atoms with Crippen molar-refractivity contribution in [3.8, 4) is 0 Å². The molecule has 6 aromatic heterocycles. The lowest BCUT2D eigenvalue weighted by atomic mass is 10.0. The van der Waals surface area contributed by atoms with Crippen molar-refractivity contribution in [2.45, 2.75) is 501 Å². The van der Waals surface area contributed by atoms with Gasteiger partial charge in [0.05, 0.1) is 59.0 Å². The topological polar surface area (TPSA) is 184 Å². The van der Waals surface area contributed by atoms with Crippen molar-refractivity contribution in [2.24, 2.45) is 71.0 Å². The molecule has 0 aliphatic heterocycles. The molecule has 6 heterocycles. The smallest absolute Gasteiger partial charge is 0.0827 e. The Balaban J connectivity index is 0.000000708. The molecule has 6 aromatic rings. The zero-order chi connectivity index (χ0) is 87.4. The molecule has 18 nitrogen and oxygen atoms in total. The first-order valence-corrected chi connectivity index (χ1v) is 49.8. The van der Waals surface area contributed by atoms with Crippen molar-refractivity contribution < 1.29 is 0 Å². The summed E-state index contributed by atoms with van der Waals surface area (Å²) in [5.74, 6) is 9.84. The third kappa shape index (κ3) is 67.4. The first-order valence-electron chi connectivity index (χ1n) is 49.8. The van der Waals surface area contributed by atoms with Crippen LogP contribution in [-0.4, -0.2) is 90.0 Å². The van der Waals surface area contributed by atoms with E-state index in [9.17, 15) is 0 Å². The molecular weight excluding hydrogens is 1450 g/mol. The molecule has 0 atom stereocenters. The Morgan fingerprint density at radius 2 is 0.364 bits per heavy atom. The van der Waals surface area contributed by atoms with Crippen LogP contribution in [0.25, 0.3) is 0 Å². The zero-order valence-corrected chi connectivity index (χ0v) is 82.2. The minimum absolute atomic E-state index is 0.788. The van der Waals surface area contributed by atoms with Crippen molar-refractivity contribution in [1.29, 1.82) is 0 Å². The molecule has 0 spiro atoms. The minimum Gasteiger partial charge on any atom is -0.252 e. The highest BCUT2D eigenvalue weighted by molar-refractivity contribution is 4.97.